The van der Waals surface area contributed by atoms with Crippen LogP contribution in [0.2, 0.25) is 10.0 Å². The summed E-state index contributed by atoms with van der Waals surface area (Å²) in [6, 6.07) is 9.26. The number of rotatable bonds is 5. The summed E-state index contributed by atoms with van der Waals surface area (Å²) in [6.07, 6.45) is 1.94. The van der Waals surface area contributed by atoms with Crippen molar-refractivity contribution in [2.75, 3.05) is 37.0 Å². The van der Waals surface area contributed by atoms with Crippen LogP contribution in [0.1, 0.15) is 17.0 Å². The maximum Gasteiger partial charge on any atom is 0.227 e. The summed E-state index contributed by atoms with van der Waals surface area (Å²) in [4.78, 5) is 23.3. The Kier molecular flexibility index (Phi) is 6.53. The third kappa shape index (κ3) is 4.52. The number of benzene rings is 1. The molecule has 0 bridgehead atoms. The third-order valence-corrected chi connectivity index (χ3v) is 6.42. The molecule has 0 aliphatic carbocycles. The fraction of sp³-hybridized carbons (Fsp3) is 0.364. The van der Waals surface area contributed by atoms with Crippen molar-refractivity contribution in [1.29, 1.82) is 0 Å². The fourth-order valence-electron chi connectivity index (χ4n) is 3.78. The Morgan fingerprint density at radius 2 is 1.84 bits per heavy atom. The molecule has 4 rings (SSSR count). The molecular formula is C22H25Cl2N7O. The van der Waals surface area contributed by atoms with Gasteiger partial charge in [-0.25, -0.2) is 4.98 Å². The molecule has 10 heteroatoms. The molecular weight excluding hydrogens is 449 g/mol. The molecule has 0 radical (unpaired) electrons. The topological polar surface area (TPSA) is 70.4 Å². The molecule has 168 valence electrons. The third-order valence-electron chi connectivity index (χ3n) is 5.71. The molecule has 1 aliphatic rings. The smallest absolute Gasteiger partial charge is 0.227 e. The number of carbonyl (C=O) groups is 1. The number of amides is 1. The Hall–Kier alpha value is -2.84. The van der Waals surface area contributed by atoms with E-state index in [-0.39, 0.29) is 12.3 Å². The largest absolute Gasteiger partial charge is 0.358 e. The standard InChI is InChI=1S/C22H25Cl2N7O/c1-28-10-11-31(13-15-6-5-9-25-21(15)28)22-27-26-19(30(22)3)14-29(2)20(32)12-16-17(23)7-4-8-18(16)24/h4-9H,10-14H2,1-3H3. The normalized spacial score (nSPS) is 13.7. The quantitative estimate of drug-likeness (QED) is 0.566. The van der Waals surface area contributed by atoms with E-state index in [0.29, 0.717) is 34.5 Å². The molecule has 1 amide bonds. The molecule has 8 nitrogen and oxygen atoms in total. The van der Waals surface area contributed by atoms with E-state index in [1.165, 1.54) is 0 Å². The maximum atomic E-state index is 12.8. The first-order valence-corrected chi connectivity index (χ1v) is 11.1. The summed E-state index contributed by atoms with van der Waals surface area (Å²) >= 11 is 12.4. The number of likely N-dealkylation sites (N-methyl/N-ethyl adjacent to an activating group) is 2. The minimum atomic E-state index is -0.0963. The minimum absolute atomic E-state index is 0.0963. The van der Waals surface area contributed by atoms with E-state index in [0.717, 1.165) is 30.4 Å². The number of pyridine rings is 1. The molecule has 32 heavy (non-hydrogen) atoms. The lowest BCUT2D eigenvalue weighted by Crippen LogP contribution is -2.31. The summed E-state index contributed by atoms with van der Waals surface area (Å²) in [6.45, 7) is 2.64. The molecule has 0 fully saturated rings. The highest BCUT2D eigenvalue weighted by Gasteiger charge is 2.24. The summed E-state index contributed by atoms with van der Waals surface area (Å²) < 4.78 is 1.94. The molecule has 2 aromatic heterocycles. The molecule has 3 aromatic rings. The van der Waals surface area contributed by atoms with Gasteiger partial charge >= 0.3 is 0 Å². The molecule has 1 aromatic carbocycles. The van der Waals surface area contributed by atoms with Crippen LogP contribution in [0, 0.1) is 0 Å². The van der Waals surface area contributed by atoms with E-state index in [1.807, 2.05) is 30.9 Å². The predicted molar refractivity (Wildman–Crippen MR) is 126 cm³/mol. The van der Waals surface area contributed by atoms with E-state index in [4.69, 9.17) is 23.2 Å². The predicted octanol–water partition coefficient (Wildman–Crippen LogP) is 3.17. The minimum Gasteiger partial charge on any atom is -0.358 e. The number of nitrogens with zero attached hydrogens (tertiary/aromatic N) is 7. The lowest BCUT2D eigenvalue weighted by molar-refractivity contribution is -0.129. The van der Waals surface area contributed by atoms with Gasteiger partial charge in [0.1, 0.15) is 5.82 Å². The van der Waals surface area contributed by atoms with Crippen LogP contribution >= 0.6 is 23.2 Å². The van der Waals surface area contributed by atoms with Crippen LogP contribution in [0.5, 0.6) is 0 Å². The zero-order valence-corrected chi connectivity index (χ0v) is 19.8. The van der Waals surface area contributed by atoms with Gasteiger partial charge < -0.3 is 14.7 Å². The van der Waals surface area contributed by atoms with Crippen molar-refractivity contribution in [3.8, 4) is 0 Å². The average Bonchev–Trinajstić information content (AvgIpc) is 3.04. The Bertz CT molecular complexity index is 1110. The molecule has 3 heterocycles. The number of halogens is 2. The zero-order chi connectivity index (χ0) is 22.8. The molecule has 0 atom stereocenters. The van der Waals surface area contributed by atoms with Crippen LogP contribution in [-0.2, 0) is 31.4 Å². The van der Waals surface area contributed by atoms with Gasteiger partial charge in [-0.15, -0.1) is 10.2 Å². The van der Waals surface area contributed by atoms with Gasteiger partial charge in [-0.3, -0.25) is 9.36 Å². The van der Waals surface area contributed by atoms with Crippen molar-refractivity contribution in [3.05, 3.63) is 63.5 Å². The summed E-state index contributed by atoms with van der Waals surface area (Å²) in [5.74, 6) is 2.35. The highest BCUT2D eigenvalue weighted by molar-refractivity contribution is 6.36. The summed E-state index contributed by atoms with van der Waals surface area (Å²) in [5, 5.41) is 9.75. The van der Waals surface area contributed by atoms with Crippen molar-refractivity contribution >= 4 is 40.9 Å². The van der Waals surface area contributed by atoms with E-state index >= 15 is 0 Å². The summed E-state index contributed by atoms with van der Waals surface area (Å²) in [5.41, 5.74) is 1.77. The zero-order valence-electron chi connectivity index (χ0n) is 18.3. The number of fused-ring (bicyclic) bond motifs is 1. The first-order valence-electron chi connectivity index (χ1n) is 10.3. The highest BCUT2D eigenvalue weighted by Crippen LogP contribution is 2.26. The number of hydrogen-bond acceptors (Lipinski definition) is 6. The maximum absolute atomic E-state index is 12.8. The Morgan fingerprint density at radius 1 is 1.09 bits per heavy atom. The number of hydrogen-bond donors (Lipinski definition) is 0. The number of carbonyl (C=O) groups excluding carboxylic acids is 1. The van der Waals surface area contributed by atoms with Crippen LogP contribution in [0.4, 0.5) is 11.8 Å². The van der Waals surface area contributed by atoms with Crippen molar-refractivity contribution in [2.24, 2.45) is 7.05 Å². The average molecular weight is 474 g/mol. The molecule has 0 saturated carbocycles. The van der Waals surface area contributed by atoms with E-state index in [1.54, 1.807) is 30.1 Å². The van der Waals surface area contributed by atoms with Gasteiger partial charge in [-0.05, 0) is 23.8 Å². The Balaban J connectivity index is 1.48. The van der Waals surface area contributed by atoms with Crippen LogP contribution in [0.25, 0.3) is 0 Å². The van der Waals surface area contributed by atoms with E-state index in [9.17, 15) is 4.79 Å². The number of aromatic nitrogens is 4. The lowest BCUT2D eigenvalue weighted by atomic mass is 10.1. The first-order chi connectivity index (χ1) is 15.3. The Labute approximate surface area is 197 Å². The van der Waals surface area contributed by atoms with Crippen LogP contribution in [-0.4, -0.2) is 57.7 Å². The van der Waals surface area contributed by atoms with Crippen LogP contribution < -0.4 is 9.80 Å². The monoisotopic (exact) mass is 473 g/mol. The van der Waals surface area contributed by atoms with Gasteiger partial charge in [0.05, 0.1) is 13.0 Å². The lowest BCUT2D eigenvalue weighted by Gasteiger charge is -2.22. The van der Waals surface area contributed by atoms with Crippen LogP contribution in [0.3, 0.4) is 0 Å². The molecule has 0 saturated heterocycles. The van der Waals surface area contributed by atoms with Crippen molar-refractivity contribution < 1.29 is 4.79 Å². The van der Waals surface area contributed by atoms with Gasteiger partial charge in [0.2, 0.25) is 11.9 Å². The second-order valence-electron chi connectivity index (χ2n) is 7.93. The van der Waals surface area contributed by atoms with Crippen molar-refractivity contribution in [3.63, 3.8) is 0 Å². The Morgan fingerprint density at radius 3 is 2.59 bits per heavy atom. The highest BCUT2D eigenvalue weighted by atomic mass is 35.5. The number of anilines is 2. The van der Waals surface area contributed by atoms with E-state index in [2.05, 4.69) is 31.0 Å². The second-order valence-corrected chi connectivity index (χ2v) is 8.75. The molecule has 1 aliphatic heterocycles. The van der Waals surface area contributed by atoms with Crippen molar-refractivity contribution in [2.45, 2.75) is 19.5 Å². The van der Waals surface area contributed by atoms with Gasteiger partial charge in [-0.2, -0.15) is 0 Å². The van der Waals surface area contributed by atoms with Gasteiger partial charge in [0.25, 0.3) is 0 Å². The van der Waals surface area contributed by atoms with Gasteiger partial charge in [0.15, 0.2) is 5.82 Å². The van der Waals surface area contributed by atoms with Gasteiger partial charge in [-0.1, -0.05) is 35.3 Å². The van der Waals surface area contributed by atoms with Gasteiger partial charge in [0, 0.05) is 62.6 Å². The second kappa shape index (κ2) is 9.34. The SMILES string of the molecule is CN(Cc1nnc(N2CCN(C)c3ncccc3C2)n1C)C(=O)Cc1c(Cl)cccc1Cl. The first kappa shape index (κ1) is 22.4. The fourth-order valence-corrected chi connectivity index (χ4v) is 4.31. The van der Waals surface area contributed by atoms with Crippen LogP contribution in [0.15, 0.2) is 36.5 Å². The molecule has 0 unspecified atom stereocenters. The molecule has 0 spiro atoms. The summed E-state index contributed by atoms with van der Waals surface area (Å²) in [7, 11) is 5.71. The van der Waals surface area contributed by atoms with E-state index < -0.39 is 0 Å². The van der Waals surface area contributed by atoms with Crippen molar-refractivity contribution in [1.82, 2.24) is 24.6 Å². The molecule has 0 N–H and O–H groups in total.